The number of carbonyl (C=O) groups is 1. The average Bonchev–Trinajstić information content (AvgIpc) is 2.65. The quantitative estimate of drug-likeness (QED) is 0.761. The highest BCUT2D eigenvalue weighted by Crippen LogP contribution is 2.48. The third-order valence-electron chi connectivity index (χ3n) is 5.44. The Labute approximate surface area is 160 Å². The molecule has 2 bridgehead atoms. The number of aliphatic imine (C=N–C) groups is 1. The number of hydrogen-bond donors (Lipinski definition) is 1. The molecule has 0 saturated carbocycles. The van der Waals surface area contributed by atoms with Crippen molar-refractivity contribution in [2.24, 2.45) is 10.4 Å². The fourth-order valence-electron chi connectivity index (χ4n) is 3.79. The van der Waals surface area contributed by atoms with Crippen molar-refractivity contribution in [2.75, 3.05) is 6.54 Å². The summed E-state index contributed by atoms with van der Waals surface area (Å²) in [5, 5.41) is 3.05. The fraction of sp³-hybridized carbons (Fsp3) is 0.250. The van der Waals surface area contributed by atoms with Gasteiger partial charge in [-0.2, -0.15) is 0 Å². The summed E-state index contributed by atoms with van der Waals surface area (Å²) in [6, 6.07) is 16.3. The molecule has 2 aromatic carbocycles. The van der Waals surface area contributed by atoms with Crippen molar-refractivity contribution < 1.29 is 4.79 Å². The number of fused-ring (bicyclic) bond motifs is 4. The number of hydrogen-bond acceptors (Lipinski definition) is 2. The van der Waals surface area contributed by atoms with Crippen LogP contribution >= 0.6 is 0 Å². The van der Waals surface area contributed by atoms with E-state index in [1.807, 2.05) is 42.6 Å². The van der Waals surface area contributed by atoms with Crippen molar-refractivity contribution in [2.45, 2.75) is 26.7 Å². The number of dihydropyridines is 1. The largest absolute Gasteiger partial charge is 0.352 e. The summed E-state index contributed by atoms with van der Waals surface area (Å²) < 4.78 is 0. The molecular formula is C24H24N2O. The van der Waals surface area contributed by atoms with E-state index in [1.165, 1.54) is 11.1 Å². The molecule has 0 saturated heterocycles. The van der Waals surface area contributed by atoms with Crippen LogP contribution in [0.25, 0.3) is 11.6 Å². The van der Waals surface area contributed by atoms with Gasteiger partial charge >= 0.3 is 0 Å². The Balaban J connectivity index is 1.45. The molecule has 0 atom stereocenters. The molecule has 0 spiro atoms. The Kier molecular flexibility index (Phi) is 4.53. The van der Waals surface area contributed by atoms with Gasteiger partial charge in [-0.05, 0) is 59.4 Å². The van der Waals surface area contributed by atoms with E-state index in [-0.39, 0.29) is 11.3 Å². The van der Waals surface area contributed by atoms with Crippen LogP contribution in [0.15, 0.2) is 65.3 Å². The molecule has 1 N–H and O–H groups in total. The molecule has 2 aliphatic rings. The van der Waals surface area contributed by atoms with Gasteiger partial charge in [-0.3, -0.25) is 9.79 Å². The number of amides is 1. The van der Waals surface area contributed by atoms with E-state index in [2.05, 4.69) is 48.4 Å². The van der Waals surface area contributed by atoms with Gasteiger partial charge in [0, 0.05) is 23.7 Å². The lowest BCUT2D eigenvalue weighted by atomic mass is 9.71. The minimum Gasteiger partial charge on any atom is -0.352 e. The number of allylic oxidation sites excluding steroid dienone is 2. The lowest BCUT2D eigenvalue weighted by molar-refractivity contribution is 0.0953. The van der Waals surface area contributed by atoms with E-state index in [0.717, 1.165) is 29.7 Å². The Morgan fingerprint density at radius 3 is 2.74 bits per heavy atom. The van der Waals surface area contributed by atoms with Crippen molar-refractivity contribution in [1.29, 1.82) is 0 Å². The van der Waals surface area contributed by atoms with E-state index in [4.69, 9.17) is 0 Å². The summed E-state index contributed by atoms with van der Waals surface area (Å²) in [4.78, 5) is 17.1. The van der Waals surface area contributed by atoms with Crippen LogP contribution in [-0.4, -0.2) is 18.7 Å². The molecule has 136 valence electrons. The maximum Gasteiger partial charge on any atom is 0.251 e. The van der Waals surface area contributed by atoms with Gasteiger partial charge in [-0.1, -0.05) is 50.2 Å². The van der Waals surface area contributed by atoms with E-state index in [1.54, 1.807) is 0 Å². The number of rotatable bonds is 5. The summed E-state index contributed by atoms with van der Waals surface area (Å²) in [5.74, 6) is -0.0106. The molecule has 27 heavy (non-hydrogen) atoms. The second-order valence-electron chi connectivity index (χ2n) is 7.66. The molecule has 0 unspecified atom stereocenters. The normalized spacial score (nSPS) is 16.2. The van der Waals surface area contributed by atoms with E-state index in [0.29, 0.717) is 12.1 Å². The lowest BCUT2D eigenvalue weighted by Gasteiger charge is -2.35. The lowest BCUT2D eigenvalue weighted by Crippen LogP contribution is -2.26. The monoisotopic (exact) mass is 356 g/mol. The van der Waals surface area contributed by atoms with Gasteiger partial charge in [-0.25, -0.2) is 0 Å². The van der Waals surface area contributed by atoms with Crippen molar-refractivity contribution in [3.63, 3.8) is 0 Å². The van der Waals surface area contributed by atoms with Crippen molar-refractivity contribution in [3.8, 4) is 0 Å². The van der Waals surface area contributed by atoms with Crippen LogP contribution in [0, 0.1) is 5.41 Å². The standard InChI is InChI=1S/C24H24N2O/c1-24(2)21-12-14-25-22(24)16-18-10-11-19(15-20(18)21)23(27)26-13-6-9-17-7-4-3-5-8-17/h3-5,7-8,10-12,14-16H,6,9,13H2,1-2H3,(H,26,27). The molecule has 0 aromatic heterocycles. The summed E-state index contributed by atoms with van der Waals surface area (Å²) in [7, 11) is 0. The van der Waals surface area contributed by atoms with Gasteiger partial charge in [0.15, 0.2) is 0 Å². The third kappa shape index (κ3) is 3.37. The highest BCUT2D eigenvalue weighted by atomic mass is 16.1. The molecule has 3 heteroatoms. The molecule has 4 rings (SSSR count). The van der Waals surface area contributed by atoms with Crippen molar-refractivity contribution in [1.82, 2.24) is 5.32 Å². The second-order valence-corrected chi connectivity index (χ2v) is 7.66. The minimum absolute atomic E-state index is 0.0106. The van der Waals surface area contributed by atoms with Crippen LogP contribution in [0.5, 0.6) is 0 Å². The van der Waals surface area contributed by atoms with Gasteiger partial charge in [0.25, 0.3) is 5.91 Å². The maximum atomic E-state index is 12.6. The molecule has 1 aliphatic carbocycles. The number of benzene rings is 2. The SMILES string of the molecule is CC1(C)C2=Cc3ccc(C(=O)NCCCc4ccccc4)cc3C1=CC=N2. The second kappa shape index (κ2) is 6.99. The third-order valence-corrected chi connectivity index (χ3v) is 5.44. The maximum absolute atomic E-state index is 12.6. The molecule has 2 aromatic rings. The predicted octanol–water partition coefficient (Wildman–Crippen LogP) is 4.90. The Hall–Kier alpha value is -2.94. The van der Waals surface area contributed by atoms with Crippen LogP contribution in [-0.2, 0) is 6.42 Å². The van der Waals surface area contributed by atoms with Crippen LogP contribution in [0.4, 0.5) is 0 Å². The summed E-state index contributed by atoms with van der Waals surface area (Å²) in [6.07, 6.45) is 7.95. The first-order valence-electron chi connectivity index (χ1n) is 9.49. The van der Waals surface area contributed by atoms with Crippen molar-refractivity contribution >= 4 is 23.8 Å². The molecule has 1 heterocycles. The Bertz CT molecular complexity index is 965. The molecule has 1 amide bonds. The first-order chi connectivity index (χ1) is 13.1. The Morgan fingerprint density at radius 2 is 1.93 bits per heavy atom. The summed E-state index contributed by atoms with van der Waals surface area (Å²) in [6.45, 7) is 5.04. The van der Waals surface area contributed by atoms with E-state index in [9.17, 15) is 4.79 Å². The molecule has 3 nitrogen and oxygen atoms in total. The van der Waals surface area contributed by atoms with E-state index < -0.39 is 0 Å². The average molecular weight is 356 g/mol. The summed E-state index contributed by atoms with van der Waals surface area (Å²) >= 11 is 0. The number of carbonyl (C=O) groups excluding carboxylic acids is 1. The minimum atomic E-state index is -0.119. The molecule has 0 radical (unpaired) electrons. The first-order valence-corrected chi connectivity index (χ1v) is 9.49. The van der Waals surface area contributed by atoms with Crippen LogP contribution in [0.2, 0.25) is 0 Å². The fourth-order valence-corrected chi connectivity index (χ4v) is 3.79. The number of nitrogens with one attached hydrogen (secondary N) is 1. The molecule has 1 aliphatic heterocycles. The van der Waals surface area contributed by atoms with Gasteiger partial charge in [0.2, 0.25) is 0 Å². The highest BCUT2D eigenvalue weighted by molar-refractivity contribution is 6.00. The van der Waals surface area contributed by atoms with Crippen LogP contribution in [0.3, 0.4) is 0 Å². The number of aryl methyl sites for hydroxylation is 1. The predicted molar refractivity (Wildman–Crippen MR) is 112 cm³/mol. The van der Waals surface area contributed by atoms with Gasteiger partial charge in [-0.15, -0.1) is 0 Å². The summed E-state index contributed by atoms with van der Waals surface area (Å²) in [5.41, 5.74) is 6.46. The van der Waals surface area contributed by atoms with Crippen LogP contribution < -0.4 is 5.32 Å². The zero-order valence-corrected chi connectivity index (χ0v) is 15.8. The van der Waals surface area contributed by atoms with E-state index >= 15 is 0 Å². The smallest absolute Gasteiger partial charge is 0.251 e. The van der Waals surface area contributed by atoms with Gasteiger partial charge in [0.1, 0.15) is 0 Å². The van der Waals surface area contributed by atoms with Gasteiger partial charge in [0.05, 0.1) is 5.70 Å². The van der Waals surface area contributed by atoms with Gasteiger partial charge < -0.3 is 5.32 Å². The molecule has 0 fully saturated rings. The topological polar surface area (TPSA) is 41.5 Å². The Morgan fingerprint density at radius 1 is 1.11 bits per heavy atom. The van der Waals surface area contributed by atoms with Crippen molar-refractivity contribution in [3.05, 3.63) is 82.6 Å². The first kappa shape index (κ1) is 17.5. The zero-order chi connectivity index (χ0) is 18.9. The molecular weight excluding hydrogens is 332 g/mol. The highest BCUT2D eigenvalue weighted by Gasteiger charge is 2.35. The number of nitrogens with zero attached hydrogens (tertiary/aromatic N) is 1. The van der Waals surface area contributed by atoms with Crippen LogP contribution in [0.1, 0.15) is 47.3 Å². The zero-order valence-electron chi connectivity index (χ0n) is 15.8.